The number of hydrogen-bond acceptors (Lipinski definition) is 3. The van der Waals surface area contributed by atoms with E-state index in [-0.39, 0.29) is 0 Å². The third kappa shape index (κ3) is 4.03. The lowest BCUT2D eigenvalue weighted by Crippen LogP contribution is -2.16. The molecule has 0 aliphatic rings. The fraction of sp³-hybridized carbons (Fsp3) is 0.400. The molecule has 0 fully saturated rings. The Bertz CT molecular complexity index is 226. The van der Waals surface area contributed by atoms with Crippen LogP contribution in [0.25, 0.3) is 0 Å². The molecule has 1 aromatic carbocycles. The molecule has 0 spiro atoms. The summed E-state index contributed by atoms with van der Waals surface area (Å²) >= 11 is 0. The summed E-state index contributed by atoms with van der Waals surface area (Å²) in [4.78, 5) is 0. The zero-order chi connectivity index (χ0) is 9.52. The predicted molar refractivity (Wildman–Crippen MR) is 50.9 cm³/mol. The van der Waals surface area contributed by atoms with E-state index in [9.17, 15) is 5.11 Å². The van der Waals surface area contributed by atoms with Gasteiger partial charge in [-0.15, -0.1) is 0 Å². The van der Waals surface area contributed by atoms with Crippen molar-refractivity contribution >= 4 is 0 Å². The maximum atomic E-state index is 9.21. The van der Waals surface area contributed by atoms with Gasteiger partial charge in [0.05, 0.1) is 6.61 Å². The summed E-state index contributed by atoms with van der Waals surface area (Å²) in [5.74, 6) is 0. The molecule has 0 heterocycles. The number of rotatable bonds is 5. The number of ether oxygens (including phenoxy) is 1. The van der Waals surface area contributed by atoms with Gasteiger partial charge in [0, 0.05) is 6.42 Å². The van der Waals surface area contributed by atoms with Crippen molar-refractivity contribution in [3.8, 4) is 0 Å². The van der Waals surface area contributed by atoms with E-state index >= 15 is 0 Å². The molecule has 3 N–H and O–H groups in total. The zero-order valence-corrected chi connectivity index (χ0v) is 7.52. The average Bonchev–Trinajstić information content (AvgIpc) is 2.17. The number of hydrogen-bond donors (Lipinski definition) is 2. The molecule has 0 radical (unpaired) electrons. The molecular formula is C10H15NO2. The monoisotopic (exact) mass is 181 g/mol. The minimum absolute atomic E-state index is 0.433. The molecule has 0 saturated heterocycles. The topological polar surface area (TPSA) is 55.5 Å². The van der Waals surface area contributed by atoms with Crippen LogP contribution in [0.3, 0.4) is 0 Å². The van der Waals surface area contributed by atoms with E-state index in [1.54, 1.807) is 0 Å². The van der Waals surface area contributed by atoms with E-state index in [4.69, 9.17) is 10.5 Å². The Labute approximate surface area is 78.1 Å². The molecule has 1 rings (SSSR count). The smallest absolute Gasteiger partial charge is 0.156 e. The number of aliphatic hydroxyl groups is 1. The molecule has 1 aromatic rings. The van der Waals surface area contributed by atoms with E-state index in [0.29, 0.717) is 19.6 Å². The maximum absolute atomic E-state index is 9.21. The Morgan fingerprint density at radius 3 is 2.62 bits per heavy atom. The molecule has 72 valence electrons. The van der Waals surface area contributed by atoms with Crippen molar-refractivity contribution in [2.24, 2.45) is 5.73 Å². The molecule has 1 unspecified atom stereocenters. The van der Waals surface area contributed by atoms with Gasteiger partial charge in [0.15, 0.2) is 6.29 Å². The van der Waals surface area contributed by atoms with Crippen LogP contribution in [0.4, 0.5) is 0 Å². The normalized spacial score (nSPS) is 12.8. The average molecular weight is 181 g/mol. The Hall–Kier alpha value is -0.900. The van der Waals surface area contributed by atoms with Crippen molar-refractivity contribution in [1.82, 2.24) is 0 Å². The van der Waals surface area contributed by atoms with Crippen molar-refractivity contribution in [3.05, 3.63) is 35.9 Å². The lowest BCUT2D eigenvalue weighted by Gasteiger charge is -2.10. The lowest BCUT2D eigenvalue weighted by atomic mass is 10.2. The third-order valence-electron chi connectivity index (χ3n) is 1.70. The molecule has 1 atom stereocenters. The molecule has 0 bridgehead atoms. The van der Waals surface area contributed by atoms with Gasteiger partial charge in [-0.2, -0.15) is 0 Å². The third-order valence-corrected chi connectivity index (χ3v) is 1.70. The van der Waals surface area contributed by atoms with Crippen LogP contribution in [0.5, 0.6) is 0 Å². The summed E-state index contributed by atoms with van der Waals surface area (Å²) in [6.07, 6.45) is -0.266. The predicted octanol–water partition coefficient (Wildman–Crippen LogP) is 0.870. The van der Waals surface area contributed by atoms with Crippen LogP contribution >= 0.6 is 0 Å². The first-order valence-corrected chi connectivity index (χ1v) is 4.36. The highest BCUT2D eigenvalue weighted by atomic mass is 16.6. The number of benzene rings is 1. The maximum Gasteiger partial charge on any atom is 0.156 e. The van der Waals surface area contributed by atoms with Crippen molar-refractivity contribution < 1.29 is 9.84 Å². The SMILES string of the molecule is NCCC(O)OCc1ccccc1. The van der Waals surface area contributed by atoms with Gasteiger partial charge >= 0.3 is 0 Å². The largest absolute Gasteiger partial charge is 0.368 e. The summed E-state index contributed by atoms with van der Waals surface area (Å²) in [5, 5.41) is 9.21. The van der Waals surface area contributed by atoms with Crippen LogP contribution in [0, 0.1) is 0 Å². The van der Waals surface area contributed by atoms with Crippen LogP contribution < -0.4 is 5.73 Å². The minimum Gasteiger partial charge on any atom is -0.368 e. The summed E-state index contributed by atoms with van der Waals surface area (Å²) in [5.41, 5.74) is 6.31. The van der Waals surface area contributed by atoms with Crippen LogP contribution in [-0.2, 0) is 11.3 Å². The Morgan fingerprint density at radius 2 is 2.00 bits per heavy atom. The van der Waals surface area contributed by atoms with Crippen molar-refractivity contribution in [2.45, 2.75) is 19.3 Å². The van der Waals surface area contributed by atoms with Crippen molar-refractivity contribution in [1.29, 1.82) is 0 Å². The van der Waals surface area contributed by atoms with Gasteiger partial charge in [-0.3, -0.25) is 0 Å². The molecule has 0 aliphatic carbocycles. The van der Waals surface area contributed by atoms with Crippen LogP contribution in [0.2, 0.25) is 0 Å². The Morgan fingerprint density at radius 1 is 1.31 bits per heavy atom. The van der Waals surface area contributed by atoms with Crippen LogP contribution in [0.1, 0.15) is 12.0 Å². The second-order valence-electron chi connectivity index (χ2n) is 2.83. The fourth-order valence-corrected chi connectivity index (χ4v) is 0.993. The van der Waals surface area contributed by atoms with Crippen LogP contribution in [-0.4, -0.2) is 17.9 Å². The fourth-order valence-electron chi connectivity index (χ4n) is 0.993. The second-order valence-corrected chi connectivity index (χ2v) is 2.83. The Kier molecular flexibility index (Phi) is 4.46. The number of nitrogens with two attached hydrogens (primary N) is 1. The van der Waals surface area contributed by atoms with Gasteiger partial charge in [-0.05, 0) is 12.1 Å². The van der Waals surface area contributed by atoms with E-state index in [0.717, 1.165) is 5.56 Å². The van der Waals surface area contributed by atoms with E-state index < -0.39 is 6.29 Å². The van der Waals surface area contributed by atoms with Gasteiger partial charge in [0.1, 0.15) is 0 Å². The van der Waals surface area contributed by atoms with Gasteiger partial charge < -0.3 is 15.6 Å². The summed E-state index contributed by atoms with van der Waals surface area (Å²) in [7, 11) is 0. The molecule has 3 heteroatoms. The minimum atomic E-state index is -0.745. The van der Waals surface area contributed by atoms with Gasteiger partial charge in [-0.25, -0.2) is 0 Å². The highest BCUT2D eigenvalue weighted by Crippen LogP contribution is 2.03. The van der Waals surface area contributed by atoms with E-state index in [1.165, 1.54) is 0 Å². The first kappa shape index (κ1) is 10.2. The van der Waals surface area contributed by atoms with Gasteiger partial charge in [0.25, 0.3) is 0 Å². The lowest BCUT2D eigenvalue weighted by molar-refractivity contribution is -0.110. The van der Waals surface area contributed by atoms with Gasteiger partial charge in [-0.1, -0.05) is 30.3 Å². The zero-order valence-electron chi connectivity index (χ0n) is 7.52. The summed E-state index contributed by atoms with van der Waals surface area (Å²) in [6, 6.07) is 9.73. The quantitative estimate of drug-likeness (QED) is 0.663. The molecule has 0 saturated carbocycles. The highest BCUT2D eigenvalue weighted by molar-refractivity contribution is 5.13. The summed E-state index contributed by atoms with van der Waals surface area (Å²) in [6.45, 7) is 0.873. The highest BCUT2D eigenvalue weighted by Gasteiger charge is 2.01. The van der Waals surface area contributed by atoms with Crippen molar-refractivity contribution in [2.75, 3.05) is 6.54 Å². The summed E-state index contributed by atoms with van der Waals surface area (Å²) < 4.78 is 5.14. The molecule has 0 aliphatic heterocycles. The second kappa shape index (κ2) is 5.70. The van der Waals surface area contributed by atoms with E-state index in [2.05, 4.69) is 0 Å². The van der Waals surface area contributed by atoms with Gasteiger partial charge in [0.2, 0.25) is 0 Å². The first-order valence-electron chi connectivity index (χ1n) is 4.36. The number of aliphatic hydroxyl groups excluding tert-OH is 1. The first-order chi connectivity index (χ1) is 6.33. The van der Waals surface area contributed by atoms with Crippen molar-refractivity contribution in [3.63, 3.8) is 0 Å². The molecule has 0 aromatic heterocycles. The molecule has 13 heavy (non-hydrogen) atoms. The molecule has 3 nitrogen and oxygen atoms in total. The molecule has 0 amide bonds. The standard InChI is InChI=1S/C10H15NO2/c11-7-6-10(12)13-8-9-4-2-1-3-5-9/h1-5,10,12H,6-8,11H2. The molecular weight excluding hydrogens is 166 g/mol. The van der Waals surface area contributed by atoms with E-state index in [1.807, 2.05) is 30.3 Å². The Balaban J connectivity index is 2.27. The van der Waals surface area contributed by atoms with Crippen LogP contribution in [0.15, 0.2) is 30.3 Å².